The normalized spacial score (nSPS) is 25.3. The fourth-order valence-electron chi connectivity index (χ4n) is 6.00. The Kier molecular flexibility index (Phi) is 7.43. The molecule has 3 saturated heterocycles. The van der Waals surface area contributed by atoms with Crippen LogP contribution < -0.4 is 20.1 Å². The number of halogens is 3. The molecule has 0 saturated carbocycles. The van der Waals surface area contributed by atoms with Gasteiger partial charge in [-0.05, 0) is 37.0 Å². The number of fused-ring (bicyclic) bond motifs is 3. The summed E-state index contributed by atoms with van der Waals surface area (Å²) in [5.41, 5.74) is 0.573. The summed E-state index contributed by atoms with van der Waals surface area (Å²) in [6, 6.07) is 7.34. The molecule has 9 nitrogen and oxygen atoms in total. The summed E-state index contributed by atoms with van der Waals surface area (Å²) in [7, 11) is 0. The van der Waals surface area contributed by atoms with Gasteiger partial charge in [-0.1, -0.05) is 12.1 Å². The van der Waals surface area contributed by atoms with Crippen LogP contribution in [0.3, 0.4) is 0 Å². The Bertz CT molecular complexity index is 1200. The molecule has 1 aromatic heterocycles. The third kappa shape index (κ3) is 5.73. The van der Waals surface area contributed by atoms with Crippen molar-refractivity contribution in [2.75, 3.05) is 69.0 Å². The number of aromatic nitrogens is 2. The summed E-state index contributed by atoms with van der Waals surface area (Å²) in [6.07, 6.45) is -3.31. The SMILES string of the molecule is O=c1cc(N2C[C@@H]3C[C@H]2CO3)nc2n1CC[C@@H](C(F)(F)F)N2CCc1ccc(OCCN2CCOCC2)cc1. The maximum Gasteiger partial charge on any atom is 0.408 e. The molecule has 0 N–H and O–H groups in total. The second-order valence-electron chi connectivity index (χ2n) is 10.6. The Morgan fingerprint density at radius 2 is 1.87 bits per heavy atom. The van der Waals surface area contributed by atoms with E-state index in [2.05, 4.69) is 9.88 Å². The second-order valence-corrected chi connectivity index (χ2v) is 10.6. The van der Waals surface area contributed by atoms with E-state index < -0.39 is 12.2 Å². The van der Waals surface area contributed by atoms with Gasteiger partial charge in [0, 0.05) is 45.3 Å². The topological polar surface area (TPSA) is 72.3 Å². The fraction of sp³-hybridized carbons (Fsp3) is 0.630. The molecule has 6 rings (SSSR count). The molecule has 12 heteroatoms. The number of hydrogen-bond acceptors (Lipinski definition) is 8. The number of alkyl halides is 3. The standard InChI is InChI=1S/C27H34F3N5O4/c28-27(29,30)23-6-8-34-25(36)16-24(35-17-22-15-20(35)18-39-22)31-26(34)33(23)7-5-19-1-3-21(4-2-19)38-14-11-32-9-12-37-13-10-32/h1-4,16,20,22-23H,5-15,17-18H2/t20-,22-,23-/m0/s1. The predicted molar refractivity (Wildman–Crippen MR) is 139 cm³/mol. The van der Waals surface area contributed by atoms with E-state index >= 15 is 0 Å². The highest BCUT2D eigenvalue weighted by molar-refractivity contribution is 5.49. The van der Waals surface area contributed by atoms with Gasteiger partial charge >= 0.3 is 6.18 Å². The Hall–Kier alpha value is -2.83. The van der Waals surface area contributed by atoms with Crippen LogP contribution in [0.15, 0.2) is 35.1 Å². The maximum atomic E-state index is 14.1. The Morgan fingerprint density at radius 3 is 2.56 bits per heavy atom. The Labute approximate surface area is 225 Å². The van der Waals surface area contributed by atoms with Crippen LogP contribution in [-0.2, 0) is 22.4 Å². The zero-order valence-electron chi connectivity index (χ0n) is 21.8. The summed E-state index contributed by atoms with van der Waals surface area (Å²) in [4.78, 5) is 23.2. The zero-order valence-corrected chi connectivity index (χ0v) is 21.8. The van der Waals surface area contributed by atoms with Crippen LogP contribution in [-0.4, -0.2) is 98.0 Å². The molecule has 1 aromatic carbocycles. The minimum absolute atomic E-state index is 0.00617. The van der Waals surface area contributed by atoms with Crippen molar-refractivity contribution in [2.45, 2.75) is 50.2 Å². The van der Waals surface area contributed by atoms with Crippen LogP contribution in [0, 0.1) is 0 Å². The number of anilines is 2. The van der Waals surface area contributed by atoms with E-state index in [1.165, 1.54) is 15.5 Å². The van der Waals surface area contributed by atoms with Gasteiger partial charge in [-0.3, -0.25) is 14.3 Å². The molecular weight excluding hydrogens is 515 g/mol. The van der Waals surface area contributed by atoms with Crippen LogP contribution in [0.1, 0.15) is 18.4 Å². The number of nitrogens with zero attached hydrogens (tertiary/aromatic N) is 5. The van der Waals surface area contributed by atoms with E-state index in [9.17, 15) is 18.0 Å². The number of hydrogen-bond donors (Lipinski definition) is 0. The van der Waals surface area contributed by atoms with Crippen molar-refractivity contribution in [3.8, 4) is 5.75 Å². The highest BCUT2D eigenvalue weighted by Crippen LogP contribution is 2.36. The monoisotopic (exact) mass is 549 g/mol. The number of benzene rings is 1. The van der Waals surface area contributed by atoms with Crippen molar-refractivity contribution in [1.29, 1.82) is 0 Å². The van der Waals surface area contributed by atoms with Crippen molar-refractivity contribution in [2.24, 2.45) is 0 Å². The molecular formula is C27H34F3N5O4. The minimum atomic E-state index is -4.43. The van der Waals surface area contributed by atoms with Gasteiger partial charge in [0.05, 0.1) is 32.0 Å². The lowest BCUT2D eigenvalue weighted by molar-refractivity contribution is -0.152. The molecule has 2 aromatic rings. The van der Waals surface area contributed by atoms with Crippen LogP contribution >= 0.6 is 0 Å². The first-order chi connectivity index (χ1) is 18.8. The third-order valence-corrected chi connectivity index (χ3v) is 8.15. The van der Waals surface area contributed by atoms with Gasteiger partial charge in [0.2, 0.25) is 5.95 Å². The van der Waals surface area contributed by atoms with Crippen LogP contribution in [0.25, 0.3) is 0 Å². The molecule has 0 aliphatic carbocycles. The van der Waals surface area contributed by atoms with Gasteiger partial charge in [-0.25, -0.2) is 0 Å². The summed E-state index contributed by atoms with van der Waals surface area (Å²) in [5.74, 6) is 1.26. The average molecular weight is 550 g/mol. The fourth-order valence-corrected chi connectivity index (χ4v) is 6.00. The molecule has 0 spiro atoms. The van der Waals surface area contributed by atoms with E-state index in [4.69, 9.17) is 14.2 Å². The molecule has 212 valence electrons. The van der Waals surface area contributed by atoms with E-state index in [0.717, 1.165) is 50.6 Å². The van der Waals surface area contributed by atoms with Gasteiger partial charge in [0.25, 0.3) is 5.56 Å². The quantitative estimate of drug-likeness (QED) is 0.497. The third-order valence-electron chi connectivity index (χ3n) is 8.15. The average Bonchev–Trinajstić information content (AvgIpc) is 3.57. The summed E-state index contributed by atoms with van der Waals surface area (Å²) in [6.45, 7) is 5.89. The molecule has 2 bridgehead atoms. The lowest BCUT2D eigenvalue weighted by Crippen LogP contribution is -2.53. The second kappa shape index (κ2) is 11.0. The van der Waals surface area contributed by atoms with Crippen molar-refractivity contribution in [1.82, 2.24) is 14.5 Å². The largest absolute Gasteiger partial charge is 0.492 e. The molecule has 4 aliphatic heterocycles. The molecule has 0 unspecified atom stereocenters. The molecule has 3 atom stereocenters. The van der Waals surface area contributed by atoms with Crippen molar-refractivity contribution < 1.29 is 27.4 Å². The van der Waals surface area contributed by atoms with Crippen LogP contribution in [0.2, 0.25) is 0 Å². The summed E-state index contributed by atoms with van der Waals surface area (Å²) in [5, 5.41) is 0. The first-order valence-corrected chi connectivity index (χ1v) is 13.7. The van der Waals surface area contributed by atoms with E-state index in [1.54, 1.807) is 0 Å². The summed E-state index contributed by atoms with van der Waals surface area (Å²) < 4.78 is 60.6. The Balaban J connectivity index is 1.15. The molecule has 39 heavy (non-hydrogen) atoms. The van der Waals surface area contributed by atoms with Crippen molar-refractivity contribution in [3.05, 3.63) is 46.2 Å². The number of rotatable bonds is 8. The molecule has 5 heterocycles. The van der Waals surface area contributed by atoms with E-state index in [-0.39, 0.29) is 43.2 Å². The first kappa shape index (κ1) is 26.4. The minimum Gasteiger partial charge on any atom is -0.492 e. The van der Waals surface area contributed by atoms with Crippen molar-refractivity contribution >= 4 is 11.8 Å². The van der Waals surface area contributed by atoms with Gasteiger partial charge < -0.3 is 24.0 Å². The zero-order chi connectivity index (χ0) is 27.0. The molecule has 3 fully saturated rings. The lowest BCUT2D eigenvalue weighted by atomic mass is 10.1. The Morgan fingerprint density at radius 1 is 1.08 bits per heavy atom. The van der Waals surface area contributed by atoms with Gasteiger partial charge in [0.15, 0.2) is 0 Å². The first-order valence-electron chi connectivity index (χ1n) is 13.7. The van der Waals surface area contributed by atoms with Crippen LogP contribution in [0.4, 0.5) is 24.9 Å². The summed E-state index contributed by atoms with van der Waals surface area (Å²) >= 11 is 0. The van der Waals surface area contributed by atoms with E-state index in [0.29, 0.717) is 32.0 Å². The number of ether oxygens (including phenoxy) is 3. The highest BCUT2D eigenvalue weighted by atomic mass is 19.4. The van der Waals surface area contributed by atoms with Gasteiger partial charge in [-0.15, -0.1) is 0 Å². The number of morpholine rings is 2. The smallest absolute Gasteiger partial charge is 0.408 e. The molecule has 4 aliphatic rings. The van der Waals surface area contributed by atoms with Gasteiger partial charge in [-0.2, -0.15) is 18.2 Å². The maximum absolute atomic E-state index is 14.1. The predicted octanol–water partition coefficient (Wildman–Crippen LogP) is 2.32. The highest BCUT2D eigenvalue weighted by Gasteiger charge is 2.47. The lowest BCUT2D eigenvalue weighted by Gasteiger charge is -2.39. The van der Waals surface area contributed by atoms with E-state index in [1.807, 2.05) is 29.2 Å². The molecule has 0 radical (unpaired) electrons. The van der Waals surface area contributed by atoms with Crippen molar-refractivity contribution in [3.63, 3.8) is 0 Å². The van der Waals surface area contributed by atoms with Gasteiger partial charge in [0.1, 0.15) is 24.2 Å². The molecule has 0 amide bonds. The van der Waals surface area contributed by atoms with Crippen LogP contribution in [0.5, 0.6) is 5.75 Å².